The number of aliphatic imine (C=N–C) groups is 1. The molecule has 0 saturated heterocycles. The molecule has 1 aromatic rings. The normalized spacial score (nSPS) is 15.6. The highest BCUT2D eigenvalue weighted by Crippen LogP contribution is 2.25. The number of hydrogen-bond acceptors (Lipinski definition) is 3. The molecule has 1 saturated carbocycles. The van der Waals surface area contributed by atoms with Crippen LogP contribution in [0, 0.1) is 5.92 Å². The predicted molar refractivity (Wildman–Crippen MR) is 123 cm³/mol. The van der Waals surface area contributed by atoms with E-state index in [0.29, 0.717) is 31.5 Å². The molecule has 1 aliphatic carbocycles. The topological polar surface area (TPSA) is 82.6 Å². The molecule has 8 heteroatoms. The van der Waals surface area contributed by atoms with Crippen molar-refractivity contribution in [2.75, 3.05) is 32.4 Å². The van der Waals surface area contributed by atoms with Crippen molar-refractivity contribution in [3.8, 4) is 0 Å². The van der Waals surface area contributed by atoms with E-state index in [2.05, 4.69) is 46.3 Å². The lowest BCUT2D eigenvalue weighted by Crippen LogP contribution is -2.45. The second-order valence-corrected chi connectivity index (χ2v) is 9.49. The van der Waals surface area contributed by atoms with Crippen LogP contribution in [0.2, 0.25) is 0 Å². The maximum absolute atomic E-state index is 12.0. The van der Waals surface area contributed by atoms with Gasteiger partial charge in [0.25, 0.3) is 0 Å². The van der Waals surface area contributed by atoms with Gasteiger partial charge in [0.2, 0.25) is 10.0 Å². The number of guanidine groups is 1. The predicted octanol–water partition coefficient (Wildman–Crippen LogP) is 2.47. The zero-order chi connectivity index (χ0) is 19.0. The highest BCUT2D eigenvalue weighted by Gasteiger charge is 2.21. The van der Waals surface area contributed by atoms with Gasteiger partial charge in [-0.3, -0.25) is 4.99 Å². The van der Waals surface area contributed by atoms with Gasteiger partial charge in [0.1, 0.15) is 0 Å². The molecule has 0 radical (unpaired) electrons. The third-order valence-corrected chi connectivity index (χ3v) is 6.30. The molecule has 0 aliphatic heterocycles. The maximum Gasteiger partial charge on any atom is 0.213 e. The fraction of sp³-hybridized carbons (Fsp3) is 0.632. The summed E-state index contributed by atoms with van der Waals surface area (Å²) in [5.74, 6) is 1.18. The van der Waals surface area contributed by atoms with Crippen LogP contribution in [0.1, 0.15) is 38.7 Å². The van der Waals surface area contributed by atoms with E-state index in [0.717, 1.165) is 12.8 Å². The van der Waals surface area contributed by atoms with Crippen LogP contribution in [0.5, 0.6) is 0 Å². The van der Waals surface area contributed by atoms with Gasteiger partial charge >= 0.3 is 0 Å². The standard InChI is InChI=1S/C19H32N4O2S.HI/c1-19(2,17-10-5-4-6-11-17)15-22-18(20-3)21-12-13-26(24,25)23-14-16-8-7-9-16;/h4-6,10-11,16,23H,7-9,12-15H2,1-3H3,(H2,20,21,22);1H. The zero-order valence-electron chi connectivity index (χ0n) is 16.5. The summed E-state index contributed by atoms with van der Waals surface area (Å²) in [6, 6.07) is 10.3. The monoisotopic (exact) mass is 508 g/mol. The molecule has 1 fully saturated rings. The third kappa shape index (κ3) is 8.35. The van der Waals surface area contributed by atoms with E-state index in [4.69, 9.17) is 0 Å². The molecule has 0 amide bonds. The Bertz CT molecular complexity index is 689. The molecular formula is C19H33IN4O2S. The van der Waals surface area contributed by atoms with Gasteiger partial charge in [-0.2, -0.15) is 0 Å². The van der Waals surface area contributed by atoms with Crippen LogP contribution in [-0.4, -0.2) is 46.8 Å². The molecule has 0 bridgehead atoms. The Labute approximate surface area is 181 Å². The summed E-state index contributed by atoms with van der Waals surface area (Å²) in [4.78, 5) is 4.18. The first kappa shape index (κ1) is 24.2. The van der Waals surface area contributed by atoms with Gasteiger partial charge in [-0.15, -0.1) is 24.0 Å². The van der Waals surface area contributed by atoms with E-state index in [-0.39, 0.29) is 35.1 Å². The van der Waals surface area contributed by atoms with Crippen molar-refractivity contribution in [2.45, 2.75) is 38.5 Å². The summed E-state index contributed by atoms with van der Waals surface area (Å²) >= 11 is 0. The number of hydrogen-bond donors (Lipinski definition) is 3. The second kappa shape index (κ2) is 11.2. The molecule has 0 unspecified atom stereocenters. The first-order chi connectivity index (χ1) is 12.3. The minimum atomic E-state index is -3.24. The van der Waals surface area contributed by atoms with Crippen molar-refractivity contribution in [2.24, 2.45) is 10.9 Å². The number of benzene rings is 1. The van der Waals surface area contributed by atoms with E-state index in [1.807, 2.05) is 18.2 Å². The van der Waals surface area contributed by atoms with Gasteiger partial charge in [0.15, 0.2) is 5.96 Å². The second-order valence-electron chi connectivity index (χ2n) is 7.57. The average molecular weight is 508 g/mol. The van der Waals surface area contributed by atoms with Crippen LogP contribution in [0.3, 0.4) is 0 Å². The SMILES string of the molecule is CN=C(NCCS(=O)(=O)NCC1CCC1)NCC(C)(C)c1ccccc1.I. The van der Waals surface area contributed by atoms with Crippen molar-refractivity contribution < 1.29 is 8.42 Å². The van der Waals surface area contributed by atoms with Crippen molar-refractivity contribution in [3.63, 3.8) is 0 Å². The van der Waals surface area contributed by atoms with Gasteiger partial charge in [0.05, 0.1) is 5.75 Å². The lowest BCUT2D eigenvalue weighted by Gasteiger charge is -2.27. The van der Waals surface area contributed by atoms with Gasteiger partial charge in [0, 0.05) is 32.1 Å². The fourth-order valence-electron chi connectivity index (χ4n) is 2.83. The van der Waals surface area contributed by atoms with Gasteiger partial charge in [-0.05, 0) is 24.3 Å². The van der Waals surface area contributed by atoms with Gasteiger partial charge < -0.3 is 10.6 Å². The summed E-state index contributed by atoms with van der Waals surface area (Å²) in [6.07, 6.45) is 3.48. The van der Waals surface area contributed by atoms with Crippen molar-refractivity contribution in [1.82, 2.24) is 15.4 Å². The molecule has 0 aromatic heterocycles. The summed E-state index contributed by atoms with van der Waals surface area (Å²) < 4.78 is 26.8. The van der Waals surface area contributed by atoms with Crippen LogP contribution in [0.25, 0.3) is 0 Å². The number of sulfonamides is 1. The highest BCUT2D eigenvalue weighted by molar-refractivity contribution is 14.0. The van der Waals surface area contributed by atoms with Gasteiger partial charge in [-0.25, -0.2) is 13.1 Å². The molecule has 154 valence electrons. The quantitative estimate of drug-likeness (QED) is 0.272. The molecular weight excluding hydrogens is 475 g/mol. The average Bonchev–Trinajstić information content (AvgIpc) is 2.57. The van der Waals surface area contributed by atoms with Crippen molar-refractivity contribution >= 4 is 40.0 Å². The zero-order valence-corrected chi connectivity index (χ0v) is 19.6. The van der Waals surface area contributed by atoms with Gasteiger partial charge in [-0.1, -0.05) is 50.6 Å². The summed E-state index contributed by atoms with van der Waals surface area (Å²) in [7, 11) is -1.55. The fourth-order valence-corrected chi connectivity index (χ4v) is 3.84. The Morgan fingerprint density at radius 1 is 1.19 bits per heavy atom. The van der Waals surface area contributed by atoms with E-state index in [9.17, 15) is 8.42 Å². The molecule has 1 aliphatic rings. The van der Waals surface area contributed by atoms with Crippen LogP contribution in [-0.2, 0) is 15.4 Å². The Morgan fingerprint density at radius 3 is 2.41 bits per heavy atom. The Morgan fingerprint density at radius 2 is 1.85 bits per heavy atom. The smallest absolute Gasteiger partial charge is 0.213 e. The summed E-state index contributed by atoms with van der Waals surface area (Å²) in [6.45, 7) is 5.92. The number of nitrogens with zero attached hydrogens (tertiary/aromatic N) is 1. The van der Waals surface area contributed by atoms with Crippen LogP contribution in [0.15, 0.2) is 35.3 Å². The Kier molecular flexibility index (Phi) is 10.0. The summed E-state index contributed by atoms with van der Waals surface area (Å²) in [5, 5.41) is 6.37. The lowest BCUT2D eigenvalue weighted by molar-refractivity contribution is 0.316. The molecule has 0 spiro atoms. The molecule has 2 rings (SSSR count). The number of halogens is 1. The van der Waals surface area contributed by atoms with E-state index in [1.165, 1.54) is 12.0 Å². The largest absolute Gasteiger partial charge is 0.356 e. The van der Waals surface area contributed by atoms with Crippen LogP contribution >= 0.6 is 24.0 Å². The third-order valence-electron chi connectivity index (χ3n) is 4.96. The molecule has 0 heterocycles. The Balaban J connectivity index is 0.00000364. The maximum atomic E-state index is 12.0. The molecule has 6 nitrogen and oxygen atoms in total. The minimum Gasteiger partial charge on any atom is -0.356 e. The number of nitrogens with one attached hydrogen (secondary N) is 3. The number of rotatable bonds is 9. The van der Waals surface area contributed by atoms with Crippen molar-refractivity contribution in [3.05, 3.63) is 35.9 Å². The highest BCUT2D eigenvalue weighted by atomic mass is 127. The van der Waals surface area contributed by atoms with E-state index in [1.54, 1.807) is 7.05 Å². The summed E-state index contributed by atoms with van der Waals surface area (Å²) in [5.41, 5.74) is 1.18. The molecule has 27 heavy (non-hydrogen) atoms. The lowest BCUT2D eigenvalue weighted by atomic mass is 9.85. The van der Waals surface area contributed by atoms with E-state index >= 15 is 0 Å². The molecule has 1 aromatic carbocycles. The minimum absolute atomic E-state index is 0. The van der Waals surface area contributed by atoms with Crippen LogP contribution < -0.4 is 15.4 Å². The Hall–Kier alpha value is -0.870. The van der Waals surface area contributed by atoms with Crippen molar-refractivity contribution in [1.29, 1.82) is 0 Å². The molecule has 0 atom stereocenters. The molecule has 3 N–H and O–H groups in total. The van der Waals surface area contributed by atoms with Crippen LogP contribution in [0.4, 0.5) is 0 Å². The first-order valence-electron chi connectivity index (χ1n) is 9.30. The van der Waals surface area contributed by atoms with E-state index < -0.39 is 10.0 Å². The first-order valence-corrected chi connectivity index (χ1v) is 10.9.